The first kappa shape index (κ1) is 9.52. The van der Waals surface area contributed by atoms with E-state index in [0.29, 0.717) is 6.42 Å². The average molecular weight is 175 g/mol. The van der Waals surface area contributed by atoms with E-state index in [4.69, 9.17) is 5.73 Å². The van der Waals surface area contributed by atoms with Crippen LogP contribution in [0.4, 0.5) is 0 Å². The minimum atomic E-state index is -0.301. The van der Waals surface area contributed by atoms with Crippen molar-refractivity contribution in [3.8, 4) is 0 Å². The van der Waals surface area contributed by atoms with Gasteiger partial charge in [0.2, 0.25) is 5.91 Å². The van der Waals surface area contributed by atoms with Gasteiger partial charge in [-0.25, -0.2) is 0 Å². The molecule has 1 aromatic carbocycles. The molecule has 2 nitrogen and oxygen atoms in total. The number of hydrogen-bond donors (Lipinski definition) is 1. The molecule has 0 aliphatic carbocycles. The summed E-state index contributed by atoms with van der Waals surface area (Å²) in [6.45, 7) is 2.03. The monoisotopic (exact) mass is 175 g/mol. The Morgan fingerprint density at radius 3 is 2.77 bits per heavy atom. The summed E-state index contributed by atoms with van der Waals surface area (Å²) < 4.78 is 0. The molecule has 0 radical (unpaired) electrons. The first-order valence-corrected chi connectivity index (χ1v) is 4.20. The number of hydrogen-bond acceptors (Lipinski definition) is 1. The topological polar surface area (TPSA) is 43.1 Å². The number of primary amides is 1. The summed E-state index contributed by atoms with van der Waals surface area (Å²) in [5.41, 5.74) is 7.33. The molecule has 0 aliphatic rings. The van der Waals surface area contributed by atoms with Crippen molar-refractivity contribution in [2.45, 2.75) is 13.3 Å². The molecule has 0 atom stereocenters. The van der Waals surface area contributed by atoms with E-state index in [-0.39, 0.29) is 5.91 Å². The molecule has 1 amide bonds. The van der Waals surface area contributed by atoms with Gasteiger partial charge in [-0.1, -0.05) is 36.4 Å². The summed E-state index contributed by atoms with van der Waals surface area (Å²) in [6, 6.07) is 7.99. The van der Waals surface area contributed by atoms with Crippen LogP contribution in [0.1, 0.15) is 17.5 Å². The Labute approximate surface area is 78.1 Å². The number of amides is 1. The lowest BCUT2D eigenvalue weighted by molar-refractivity contribution is -0.117. The van der Waals surface area contributed by atoms with Crippen molar-refractivity contribution in [1.82, 2.24) is 0 Å². The number of nitrogens with two attached hydrogens (primary N) is 1. The highest BCUT2D eigenvalue weighted by atomic mass is 16.1. The number of rotatable bonds is 3. The Hall–Kier alpha value is -1.57. The lowest BCUT2D eigenvalue weighted by Gasteiger charge is -1.97. The maximum atomic E-state index is 10.4. The van der Waals surface area contributed by atoms with Gasteiger partial charge in [-0.05, 0) is 18.1 Å². The average Bonchev–Trinajstić information content (AvgIpc) is 2.08. The van der Waals surface area contributed by atoms with Gasteiger partial charge in [0.1, 0.15) is 0 Å². The summed E-state index contributed by atoms with van der Waals surface area (Å²) in [6.07, 6.45) is 4.00. The van der Waals surface area contributed by atoms with Crippen LogP contribution >= 0.6 is 0 Å². The van der Waals surface area contributed by atoms with Crippen LogP contribution < -0.4 is 5.73 Å². The van der Waals surface area contributed by atoms with Crippen molar-refractivity contribution >= 4 is 12.0 Å². The summed E-state index contributed by atoms with van der Waals surface area (Å²) in [7, 11) is 0. The molecule has 0 bridgehead atoms. The molecule has 0 fully saturated rings. The highest BCUT2D eigenvalue weighted by Crippen LogP contribution is 2.08. The molecule has 0 saturated carbocycles. The largest absolute Gasteiger partial charge is 0.369 e. The van der Waals surface area contributed by atoms with Gasteiger partial charge >= 0.3 is 0 Å². The standard InChI is InChI=1S/C11H13NO/c1-9-5-2-3-6-10(9)7-4-8-11(12)13/h2-7H,8H2,1H3,(H2,12,13)/b7-4+. The lowest BCUT2D eigenvalue weighted by Crippen LogP contribution is -2.07. The van der Waals surface area contributed by atoms with Crippen molar-refractivity contribution in [3.05, 3.63) is 41.5 Å². The molecular formula is C11H13NO. The summed E-state index contributed by atoms with van der Waals surface area (Å²) in [5, 5.41) is 0. The van der Waals surface area contributed by atoms with E-state index >= 15 is 0 Å². The molecule has 0 saturated heterocycles. The Balaban J connectivity index is 2.68. The first-order chi connectivity index (χ1) is 6.20. The minimum absolute atomic E-state index is 0.300. The zero-order valence-corrected chi connectivity index (χ0v) is 7.66. The van der Waals surface area contributed by atoms with Gasteiger partial charge < -0.3 is 5.73 Å². The lowest BCUT2D eigenvalue weighted by atomic mass is 10.1. The number of aryl methyl sites for hydroxylation is 1. The molecule has 1 rings (SSSR count). The molecule has 0 heterocycles. The second-order valence-electron chi connectivity index (χ2n) is 2.93. The van der Waals surface area contributed by atoms with Gasteiger partial charge in [0, 0.05) is 6.42 Å². The van der Waals surface area contributed by atoms with Gasteiger partial charge in [0.15, 0.2) is 0 Å². The van der Waals surface area contributed by atoms with E-state index < -0.39 is 0 Å². The van der Waals surface area contributed by atoms with E-state index in [9.17, 15) is 4.79 Å². The molecular weight excluding hydrogens is 162 g/mol. The third-order valence-corrected chi connectivity index (χ3v) is 1.80. The Morgan fingerprint density at radius 1 is 1.46 bits per heavy atom. The summed E-state index contributed by atoms with van der Waals surface area (Å²) in [4.78, 5) is 10.4. The maximum absolute atomic E-state index is 10.4. The fourth-order valence-electron chi connectivity index (χ4n) is 1.08. The van der Waals surface area contributed by atoms with Gasteiger partial charge in [0.05, 0.1) is 0 Å². The van der Waals surface area contributed by atoms with Crippen LogP contribution in [0.15, 0.2) is 30.3 Å². The third kappa shape index (κ3) is 3.11. The Kier molecular flexibility index (Phi) is 3.26. The Bertz CT molecular complexity index is 329. The highest BCUT2D eigenvalue weighted by Gasteiger charge is 1.91. The number of carbonyl (C=O) groups excluding carboxylic acids is 1. The number of carbonyl (C=O) groups is 1. The van der Waals surface area contributed by atoms with Gasteiger partial charge in [0.25, 0.3) is 0 Å². The van der Waals surface area contributed by atoms with Crippen LogP contribution in [0, 0.1) is 6.92 Å². The van der Waals surface area contributed by atoms with Crippen LogP contribution in [0.25, 0.3) is 6.08 Å². The maximum Gasteiger partial charge on any atom is 0.221 e. The number of benzene rings is 1. The van der Waals surface area contributed by atoms with Crippen LogP contribution in [0.3, 0.4) is 0 Å². The van der Waals surface area contributed by atoms with E-state index in [1.807, 2.05) is 37.3 Å². The molecule has 0 aliphatic heterocycles. The predicted molar refractivity (Wildman–Crippen MR) is 54.0 cm³/mol. The minimum Gasteiger partial charge on any atom is -0.369 e. The van der Waals surface area contributed by atoms with E-state index in [0.717, 1.165) is 5.56 Å². The fraction of sp³-hybridized carbons (Fsp3) is 0.182. The molecule has 0 unspecified atom stereocenters. The SMILES string of the molecule is Cc1ccccc1/C=C/CC(N)=O. The third-order valence-electron chi connectivity index (χ3n) is 1.80. The zero-order chi connectivity index (χ0) is 9.68. The van der Waals surface area contributed by atoms with E-state index in [1.165, 1.54) is 5.56 Å². The van der Waals surface area contributed by atoms with Crippen molar-refractivity contribution in [2.24, 2.45) is 5.73 Å². The molecule has 1 aromatic rings. The molecule has 0 spiro atoms. The van der Waals surface area contributed by atoms with Gasteiger partial charge in [-0.15, -0.1) is 0 Å². The van der Waals surface area contributed by atoms with E-state index in [2.05, 4.69) is 0 Å². The quantitative estimate of drug-likeness (QED) is 0.748. The molecule has 68 valence electrons. The van der Waals surface area contributed by atoms with Crippen molar-refractivity contribution in [3.63, 3.8) is 0 Å². The second-order valence-corrected chi connectivity index (χ2v) is 2.93. The van der Waals surface area contributed by atoms with Crippen molar-refractivity contribution in [2.75, 3.05) is 0 Å². The van der Waals surface area contributed by atoms with E-state index in [1.54, 1.807) is 6.08 Å². The van der Waals surface area contributed by atoms with Gasteiger partial charge in [-0.2, -0.15) is 0 Å². The van der Waals surface area contributed by atoms with Crippen LogP contribution in [-0.2, 0) is 4.79 Å². The van der Waals surface area contributed by atoms with Crippen LogP contribution in [-0.4, -0.2) is 5.91 Å². The van der Waals surface area contributed by atoms with Crippen LogP contribution in [0.2, 0.25) is 0 Å². The molecule has 13 heavy (non-hydrogen) atoms. The predicted octanol–water partition coefficient (Wildman–Crippen LogP) is 1.88. The second kappa shape index (κ2) is 4.45. The molecule has 2 N–H and O–H groups in total. The smallest absolute Gasteiger partial charge is 0.221 e. The summed E-state index contributed by atoms with van der Waals surface area (Å²) in [5.74, 6) is -0.301. The Morgan fingerprint density at radius 2 is 2.15 bits per heavy atom. The normalized spacial score (nSPS) is 10.5. The molecule has 2 heteroatoms. The van der Waals surface area contributed by atoms with Crippen molar-refractivity contribution in [1.29, 1.82) is 0 Å². The molecule has 0 aromatic heterocycles. The highest BCUT2D eigenvalue weighted by molar-refractivity contribution is 5.76. The summed E-state index contributed by atoms with van der Waals surface area (Å²) >= 11 is 0. The van der Waals surface area contributed by atoms with Gasteiger partial charge in [-0.3, -0.25) is 4.79 Å². The zero-order valence-electron chi connectivity index (χ0n) is 7.66. The van der Waals surface area contributed by atoms with Crippen molar-refractivity contribution < 1.29 is 4.79 Å². The first-order valence-electron chi connectivity index (χ1n) is 4.20. The van der Waals surface area contributed by atoms with Crippen LogP contribution in [0.5, 0.6) is 0 Å². The fourth-order valence-corrected chi connectivity index (χ4v) is 1.08.